The number of nitrogens with two attached hydrogens (primary N) is 1. The van der Waals surface area contributed by atoms with Crippen LogP contribution in [-0.4, -0.2) is 55.5 Å². The SMILES string of the molecule is CN(C)CC1CCCN1C(=O)CC1(CN)CCC1. The molecule has 104 valence electrons. The lowest BCUT2D eigenvalue weighted by atomic mass is 9.66. The van der Waals surface area contributed by atoms with Gasteiger partial charge in [0.1, 0.15) is 0 Å². The molecule has 0 bridgehead atoms. The van der Waals surface area contributed by atoms with Crippen molar-refractivity contribution < 1.29 is 4.79 Å². The van der Waals surface area contributed by atoms with Gasteiger partial charge in [-0.05, 0) is 51.7 Å². The zero-order valence-electron chi connectivity index (χ0n) is 11.8. The largest absolute Gasteiger partial charge is 0.338 e. The fraction of sp³-hybridized carbons (Fsp3) is 0.929. The number of rotatable bonds is 5. The van der Waals surface area contributed by atoms with Crippen molar-refractivity contribution in [2.45, 2.75) is 44.6 Å². The summed E-state index contributed by atoms with van der Waals surface area (Å²) in [4.78, 5) is 16.7. The van der Waals surface area contributed by atoms with Crippen LogP contribution < -0.4 is 5.73 Å². The Morgan fingerprint density at radius 1 is 1.39 bits per heavy atom. The quantitative estimate of drug-likeness (QED) is 0.797. The molecule has 2 rings (SSSR count). The predicted octanol–water partition coefficient (Wildman–Crippen LogP) is 1.06. The molecule has 1 aliphatic carbocycles. The van der Waals surface area contributed by atoms with E-state index in [4.69, 9.17) is 5.73 Å². The highest BCUT2D eigenvalue weighted by Crippen LogP contribution is 2.43. The molecule has 0 radical (unpaired) electrons. The van der Waals surface area contributed by atoms with Gasteiger partial charge in [0.25, 0.3) is 0 Å². The molecule has 4 nitrogen and oxygen atoms in total. The Kier molecular flexibility index (Phi) is 4.28. The minimum atomic E-state index is 0.141. The summed E-state index contributed by atoms with van der Waals surface area (Å²) < 4.78 is 0. The Bertz CT molecular complexity index is 294. The minimum Gasteiger partial charge on any atom is -0.338 e. The van der Waals surface area contributed by atoms with E-state index in [1.54, 1.807) is 0 Å². The molecule has 0 aromatic heterocycles. The first-order valence-electron chi connectivity index (χ1n) is 7.21. The number of nitrogens with zero attached hydrogens (tertiary/aromatic N) is 2. The van der Waals surface area contributed by atoms with Gasteiger partial charge >= 0.3 is 0 Å². The van der Waals surface area contributed by atoms with Crippen LogP contribution in [0.25, 0.3) is 0 Å². The van der Waals surface area contributed by atoms with E-state index in [1.807, 2.05) is 0 Å². The maximum atomic E-state index is 12.5. The van der Waals surface area contributed by atoms with Gasteiger partial charge in [-0.2, -0.15) is 0 Å². The van der Waals surface area contributed by atoms with Crippen molar-refractivity contribution in [1.29, 1.82) is 0 Å². The van der Waals surface area contributed by atoms with Gasteiger partial charge < -0.3 is 15.5 Å². The van der Waals surface area contributed by atoms with Gasteiger partial charge in [0.05, 0.1) is 0 Å². The van der Waals surface area contributed by atoms with E-state index in [2.05, 4.69) is 23.9 Å². The summed E-state index contributed by atoms with van der Waals surface area (Å²) in [6.45, 7) is 2.60. The van der Waals surface area contributed by atoms with Crippen molar-refractivity contribution in [3.05, 3.63) is 0 Å². The molecule has 2 N–H and O–H groups in total. The van der Waals surface area contributed by atoms with E-state index in [-0.39, 0.29) is 5.41 Å². The van der Waals surface area contributed by atoms with Gasteiger partial charge in [0, 0.05) is 25.6 Å². The van der Waals surface area contributed by atoms with Gasteiger partial charge in [-0.15, -0.1) is 0 Å². The molecule has 1 aliphatic heterocycles. The number of carbonyl (C=O) groups excluding carboxylic acids is 1. The molecule has 1 saturated heterocycles. The zero-order chi connectivity index (χ0) is 13.2. The summed E-state index contributed by atoms with van der Waals surface area (Å²) in [6, 6.07) is 0.419. The summed E-state index contributed by atoms with van der Waals surface area (Å²) in [5.74, 6) is 0.338. The monoisotopic (exact) mass is 253 g/mol. The van der Waals surface area contributed by atoms with E-state index in [0.717, 1.165) is 38.8 Å². The van der Waals surface area contributed by atoms with E-state index < -0.39 is 0 Å². The molecule has 4 heteroatoms. The molecule has 0 aromatic carbocycles. The Hall–Kier alpha value is -0.610. The highest BCUT2D eigenvalue weighted by atomic mass is 16.2. The predicted molar refractivity (Wildman–Crippen MR) is 73.2 cm³/mol. The Morgan fingerprint density at radius 2 is 2.11 bits per heavy atom. The number of hydrogen-bond acceptors (Lipinski definition) is 3. The van der Waals surface area contributed by atoms with Crippen molar-refractivity contribution >= 4 is 5.91 Å². The van der Waals surface area contributed by atoms with E-state index >= 15 is 0 Å². The number of likely N-dealkylation sites (N-methyl/N-ethyl adjacent to an activating group) is 1. The second-order valence-corrected chi connectivity index (χ2v) is 6.38. The number of hydrogen-bond donors (Lipinski definition) is 1. The molecule has 2 aliphatic rings. The molecule has 1 atom stereocenters. The molecule has 18 heavy (non-hydrogen) atoms. The van der Waals surface area contributed by atoms with Crippen LogP contribution in [0.1, 0.15) is 38.5 Å². The Balaban J connectivity index is 1.91. The van der Waals surface area contributed by atoms with Crippen molar-refractivity contribution in [1.82, 2.24) is 9.80 Å². The van der Waals surface area contributed by atoms with Crippen LogP contribution in [0.2, 0.25) is 0 Å². The summed E-state index contributed by atoms with van der Waals surface area (Å²) >= 11 is 0. The molecule has 1 heterocycles. The highest BCUT2D eigenvalue weighted by molar-refractivity contribution is 5.77. The van der Waals surface area contributed by atoms with E-state index in [1.165, 1.54) is 6.42 Å². The number of amides is 1. The van der Waals surface area contributed by atoms with Crippen molar-refractivity contribution in [3.8, 4) is 0 Å². The highest BCUT2D eigenvalue weighted by Gasteiger charge is 2.40. The molecule has 1 saturated carbocycles. The lowest BCUT2D eigenvalue weighted by molar-refractivity contribution is -0.136. The standard InChI is InChI=1S/C14H27N3O/c1-16(2)10-12-5-3-8-17(12)13(18)9-14(11-15)6-4-7-14/h12H,3-11,15H2,1-2H3. The summed E-state index contributed by atoms with van der Waals surface area (Å²) in [5, 5.41) is 0. The lowest BCUT2D eigenvalue weighted by Gasteiger charge is -2.42. The molecule has 2 fully saturated rings. The van der Waals surface area contributed by atoms with Crippen LogP contribution in [-0.2, 0) is 4.79 Å². The van der Waals surface area contributed by atoms with Crippen molar-refractivity contribution in [2.24, 2.45) is 11.1 Å². The van der Waals surface area contributed by atoms with Crippen molar-refractivity contribution in [2.75, 3.05) is 33.7 Å². The molecular formula is C14H27N3O. The van der Waals surface area contributed by atoms with Gasteiger partial charge in [-0.1, -0.05) is 6.42 Å². The Morgan fingerprint density at radius 3 is 2.61 bits per heavy atom. The van der Waals surface area contributed by atoms with Gasteiger partial charge in [0.2, 0.25) is 5.91 Å². The summed E-state index contributed by atoms with van der Waals surface area (Å²) in [7, 11) is 4.16. The van der Waals surface area contributed by atoms with Crippen LogP contribution in [0.3, 0.4) is 0 Å². The zero-order valence-corrected chi connectivity index (χ0v) is 11.8. The van der Waals surface area contributed by atoms with Crippen LogP contribution in [0.5, 0.6) is 0 Å². The first-order valence-corrected chi connectivity index (χ1v) is 7.21. The third-order valence-electron chi connectivity index (χ3n) is 4.65. The third kappa shape index (κ3) is 2.86. The van der Waals surface area contributed by atoms with Gasteiger partial charge in [-0.3, -0.25) is 4.79 Å². The second-order valence-electron chi connectivity index (χ2n) is 6.38. The fourth-order valence-corrected chi connectivity index (χ4v) is 3.33. The van der Waals surface area contributed by atoms with Gasteiger partial charge in [0.15, 0.2) is 0 Å². The van der Waals surface area contributed by atoms with Crippen LogP contribution in [0.15, 0.2) is 0 Å². The number of likely N-dealkylation sites (tertiary alicyclic amines) is 1. The van der Waals surface area contributed by atoms with Crippen molar-refractivity contribution in [3.63, 3.8) is 0 Å². The van der Waals surface area contributed by atoms with Crippen LogP contribution in [0, 0.1) is 5.41 Å². The van der Waals surface area contributed by atoms with Crippen LogP contribution >= 0.6 is 0 Å². The fourth-order valence-electron chi connectivity index (χ4n) is 3.33. The maximum absolute atomic E-state index is 12.5. The summed E-state index contributed by atoms with van der Waals surface area (Å²) in [6.07, 6.45) is 6.50. The maximum Gasteiger partial charge on any atom is 0.223 e. The minimum absolute atomic E-state index is 0.141. The first kappa shape index (κ1) is 13.8. The molecule has 1 amide bonds. The Labute approximate surface area is 110 Å². The van der Waals surface area contributed by atoms with Gasteiger partial charge in [-0.25, -0.2) is 0 Å². The smallest absolute Gasteiger partial charge is 0.223 e. The second kappa shape index (κ2) is 5.57. The average Bonchev–Trinajstić information content (AvgIpc) is 2.70. The van der Waals surface area contributed by atoms with E-state index in [0.29, 0.717) is 24.9 Å². The molecular weight excluding hydrogens is 226 g/mol. The first-order chi connectivity index (χ1) is 8.56. The lowest BCUT2D eigenvalue weighted by Crippen LogP contribution is -2.46. The normalized spacial score (nSPS) is 26.4. The molecule has 0 spiro atoms. The molecule has 1 unspecified atom stereocenters. The summed E-state index contributed by atoms with van der Waals surface area (Å²) in [5.41, 5.74) is 5.99. The molecule has 0 aromatic rings. The van der Waals surface area contributed by atoms with Crippen LogP contribution in [0.4, 0.5) is 0 Å². The topological polar surface area (TPSA) is 49.6 Å². The third-order valence-corrected chi connectivity index (χ3v) is 4.65. The number of carbonyl (C=O) groups is 1. The van der Waals surface area contributed by atoms with E-state index in [9.17, 15) is 4.79 Å². The average molecular weight is 253 g/mol.